The van der Waals surface area contributed by atoms with Crippen molar-refractivity contribution in [3.8, 4) is 21.9 Å². The number of β-lactam (4-membered cyclic amide) rings is 1. The van der Waals surface area contributed by atoms with E-state index in [9.17, 15) is 9.59 Å². The number of benzene rings is 2. The van der Waals surface area contributed by atoms with Crippen LogP contribution in [0.15, 0.2) is 54.7 Å². The van der Waals surface area contributed by atoms with Crippen molar-refractivity contribution in [3.05, 3.63) is 54.7 Å². The number of amides is 3. The molecule has 1 saturated heterocycles. The number of rotatable bonds is 5. The number of urea groups is 1. The normalized spacial score (nSPS) is 13.0. The Labute approximate surface area is 166 Å². The summed E-state index contributed by atoms with van der Waals surface area (Å²) >= 11 is 1.51. The Kier molecular flexibility index (Phi) is 4.94. The molecular formula is C20H18N4O3S. The van der Waals surface area contributed by atoms with Crippen molar-refractivity contribution in [1.82, 2.24) is 10.3 Å². The third-order valence-electron chi connectivity index (χ3n) is 4.29. The molecule has 1 aliphatic heterocycles. The minimum Gasteiger partial charge on any atom is -0.457 e. The van der Waals surface area contributed by atoms with Crippen LogP contribution < -0.4 is 20.3 Å². The fourth-order valence-corrected chi connectivity index (χ4v) is 3.63. The van der Waals surface area contributed by atoms with Gasteiger partial charge < -0.3 is 15.4 Å². The van der Waals surface area contributed by atoms with Crippen molar-refractivity contribution < 1.29 is 14.3 Å². The van der Waals surface area contributed by atoms with Gasteiger partial charge in [-0.1, -0.05) is 11.3 Å². The number of hydrogen-bond donors (Lipinski definition) is 2. The van der Waals surface area contributed by atoms with Crippen molar-refractivity contribution in [2.24, 2.45) is 0 Å². The zero-order valence-electron chi connectivity index (χ0n) is 15.1. The van der Waals surface area contributed by atoms with Crippen molar-refractivity contribution in [3.63, 3.8) is 0 Å². The fourth-order valence-electron chi connectivity index (χ4n) is 2.66. The van der Waals surface area contributed by atoms with Crippen molar-refractivity contribution in [1.29, 1.82) is 0 Å². The molecule has 142 valence electrons. The first-order chi connectivity index (χ1) is 13.6. The van der Waals surface area contributed by atoms with Crippen LogP contribution in [0.4, 0.5) is 15.6 Å². The van der Waals surface area contributed by atoms with E-state index in [1.54, 1.807) is 42.4 Å². The minimum absolute atomic E-state index is 0.126. The Morgan fingerprint density at radius 2 is 1.79 bits per heavy atom. The number of carbonyl (C=O) groups is 2. The lowest BCUT2D eigenvalue weighted by molar-refractivity contribution is -0.122. The van der Waals surface area contributed by atoms with Gasteiger partial charge in [-0.05, 0) is 54.1 Å². The average Bonchev–Trinajstić information content (AvgIpc) is 3.18. The molecule has 1 aromatic heterocycles. The van der Waals surface area contributed by atoms with E-state index in [-0.39, 0.29) is 11.9 Å². The van der Waals surface area contributed by atoms with E-state index in [2.05, 4.69) is 15.6 Å². The molecular weight excluding hydrogens is 376 g/mol. The van der Waals surface area contributed by atoms with Crippen LogP contribution in [0.1, 0.15) is 6.42 Å². The molecule has 0 bridgehead atoms. The van der Waals surface area contributed by atoms with Crippen LogP contribution in [0.25, 0.3) is 10.4 Å². The summed E-state index contributed by atoms with van der Waals surface area (Å²) in [6.45, 7) is 0.746. The molecule has 4 rings (SSSR count). The Balaban J connectivity index is 1.41. The van der Waals surface area contributed by atoms with E-state index < -0.39 is 0 Å². The lowest BCUT2D eigenvalue weighted by Gasteiger charge is -2.27. The van der Waals surface area contributed by atoms with Gasteiger partial charge in [0.05, 0.1) is 4.88 Å². The molecule has 0 radical (unpaired) electrons. The number of carbonyl (C=O) groups excluding carboxylic acids is 2. The summed E-state index contributed by atoms with van der Waals surface area (Å²) in [7, 11) is 1.56. The highest BCUT2D eigenvalue weighted by atomic mass is 32.1. The quantitative estimate of drug-likeness (QED) is 0.639. The van der Waals surface area contributed by atoms with E-state index in [1.165, 1.54) is 11.3 Å². The molecule has 28 heavy (non-hydrogen) atoms. The fraction of sp³-hybridized carbons (Fsp3) is 0.150. The highest BCUT2D eigenvalue weighted by Gasteiger charge is 2.27. The van der Waals surface area contributed by atoms with Gasteiger partial charge in [0.15, 0.2) is 5.13 Å². The molecule has 0 atom stereocenters. The van der Waals surface area contributed by atoms with Crippen LogP contribution in [0, 0.1) is 0 Å². The Hall–Kier alpha value is -3.39. The lowest BCUT2D eigenvalue weighted by atomic mass is 10.2. The summed E-state index contributed by atoms with van der Waals surface area (Å²) in [6.07, 6.45) is 2.39. The van der Waals surface area contributed by atoms with Crippen molar-refractivity contribution >= 4 is 34.1 Å². The van der Waals surface area contributed by atoms with E-state index in [1.807, 2.05) is 24.3 Å². The Bertz CT molecular complexity index is 999. The maximum atomic E-state index is 11.5. The van der Waals surface area contributed by atoms with Gasteiger partial charge in [0.2, 0.25) is 5.91 Å². The van der Waals surface area contributed by atoms with Crippen molar-refractivity contribution in [2.45, 2.75) is 6.42 Å². The molecule has 2 aromatic carbocycles. The zero-order valence-corrected chi connectivity index (χ0v) is 16.0. The Morgan fingerprint density at radius 3 is 2.36 bits per heavy atom. The molecule has 3 aromatic rings. The summed E-state index contributed by atoms with van der Waals surface area (Å²) in [4.78, 5) is 29.9. The standard InChI is InChI=1S/C20H18N4O3S/c1-21-19(26)23-14-4-8-16(9-5-14)27-15-6-2-13(3-7-15)17-12-22-20(28-17)24-11-10-18(24)25/h2-9,12H,10-11H2,1H3,(H2,21,23,26). The van der Waals surface area contributed by atoms with Crippen LogP contribution in [0.2, 0.25) is 0 Å². The van der Waals surface area contributed by atoms with Gasteiger partial charge in [-0.25, -0.2) is 9.78 Å². The zero-order chi connectivity index (χ0) is 19.5. The predicted octanol–water partition coefficient (Wildman–Crippen LogP) is 4.09. The summed E-state index contributed by atoms with van der Waals surface area (Å²) in [5.41, 5.74) is 1.71. The van der Waals surface area contributed by atoms with Crippen LogP contribution in [-0.2, 0) is 4.79 Å². The van der Waals surface area contributed by atoms with Gasteiger partial charge in [0.25, 0.3) is 0 Å². The highest BCUT2D eigenvalue weighted by Crippen LogP contribution is 2.34. The Morgan fingerprint density at radius 1 is 1.11 bits per heavy atom. The van der Waals surface area contributed by atoms with Crippen LogP contribution in [0.3, 0.4) is 0 Å². The van der Waals surface area contributed by atoms with E-state index >= 15 is 0 Å². The second kappa shape index (κ2) is 7.69. The second-order valence-electron chi connectivity index (χ2n) is 6.16. The molecule has 2 N–H and O–H groups in total. The van der Waals surface area contributed by atoms with Crippen molar-refractivity contribution in [2.75, 3.05) is 23.8 Å². The molecule has 2 heterocycles. The largest absolute Gasteiger partial charge is 0.457 e. The highest BCUT2D eigenvalue weighted by molar-refractivity contribution is 7.19. The summed E-state index contributed by atoms with van der Waals surface area (Å²) < 4.78 is 5.85. The third kappa shape index (κ3) is 3.81. The monoisotopic (exact) mass is 394 g/mol. The van der Waals surface area contributed by atoms with Gasteiger partial charge in [-0.2, -0.15) is 0 Å². The molecule has 0 saturated carbocycles. The number of anilines is 2. The lowest BCUT2D eigenvalue weighted by Crippen LogP contribution is -2.43. The van der Waals surface area contributed by atoms with Gasteiger partial charge in [0.1, 0.15) is 11.5 Å². The van der Waals surface area contributed by atoms with Crippen LogP contribution in [-0.4, -0.2) is 30.5 Å². The second-order valence-corrected chi connectivity index (χ2v) is 7.17. The summed E-state index contributed by atoms with van der Waals surface area (Å²) in [6, 6.07) is 14.6. The topological polar surface area (TPSA) is 83.6 Å². The van der Waals surface area contributed by atoms with Gasteiger partial charge in [0, 0.05) is 31.9 Å². The average molecular weight is 394 g/mol. The first-order valence-corrected chi connectivity index (χ1v) is 9.57. The maximum absolute atomic E-state index is 11.5. The van der Waals surface area contributed by atoms with E-state index in [0.717, 1.165) is 22.1 Å². The molecule has 7 nitrogen and oxygen atoms in total. The first-order valence-electron chi connectivity index (χ1n) is 8.75. The smallest absolute Gasteiger partial charge is 0.318 e. The van der Waals surface area contributed by atoms with Gasteiger partial charge >= 0.3 is 6.03 Å². The number of aromatic nitrogens is 1. The van der Waals surface area contributed by atoms with Gasteiger partial charge in [-0.3, -0.25) is 9.69 Å². The SMILES string of the molecule is CNC(=O)Nc1ccc(Oc2ccc(-c3cnc(N4CCC4=O)s3)cc2)cc1. The molecule has 3 amide bonds. The van der Waals surface area contributed by atoms with Gasteiger partial charge in [-0.15, -0.1) is 0 Å². The van der Waals surface area contributed by atoms with E-state index in [4.69, 9.17) is 4.74 Å². The van der Waals surface area contributed by atoms with Crippen LogP contribution >= 0.6 is 11.3 Å². The number of thiazole rings is 1. The molecule has 0 unspecified atom stereocenters. The number of nitrogens with zero attached hydrogens (tertiary/aromatic N) is 2. The molecule has 1 fully saturated rings. The van der Waals surface area contributed by atoms with E-state index in [0.29, 0.717) is 23.6 Å². The molecule has 0 aliphatic carbocycles. The number of nitrogens with one attached hydrogen (secondary N) is 2. The van der Waals surface area contributed by atoms with Crippen LogP contribution in [0.5, 0.6) is 11.5 Å². The summed E-state index contributed by atoms with van der Waals surface area (Å²) in [5.74, 6) is 1.51. The molecule has 8 heteroatoms. The minimum atomic E-state index is -0.269. The third-order valence-corrected chi connectivity index (χ3v) is 5.36. The number of ether oxygens (including phenoxy) is 1. The maximum Gasteiger partial charge on any atom is 0.318 e. The first kappa shape index (κ1) is 18.0. The predicted molar refractivity (Wildman–Crippen MR) is 109 cm³/mol. The molecule has 1 aliphatic rings. The molecule has 0 spiro atoms. The number of hydrogen-bond acceptors (Lipinski definition) is 5. The summed E-state index contributed by atoms with van der Waals surface area (Å²) in [5, 5.41) is 5.94.